The zero-order valence-electron chi connectivity index (χ0n) is 19.7. The van der Waals surface area contributed by atoms with Crippen molar-refractivity contribution in [3.8, 4) is 11.3 Å². The van der Waals surface area contributed by atoms with Crippen LogP contribution >= 0.6 is 0 Å². The van der Waals surface area contributed by atoms with Gasteiger partial charge in [0.25, 0.3) is 5.91 Å². The van der Waals surface area contributed by atoms with Crippen LogP contribution in [0.1, 0.15) is 68.2 Å². The van der Waals surface area contributed by atoms with E-state index in [2.05, 4.69) is 17.0 Å². The average Bonchev–Trinajstić information content (AvgIpc) is 3.12. The molecule has 1 aliphatic heterocycles. The topological polar surface area (TPSA) is 87.8 Å². The Morgan fingerprint density at radius 1 is 1.21 bits per heavy atom. The number of carboxylic acid groups (broad SMARTS) is 1. The molecule has 34 heavy (non-hydrogen) atoms. The van der Waals surface area contributed by atoms with Crippen LogP contribution < -0.4 is 0 Å². The van der Waals surface area contributed by atoms with E-state index in [1.807, 2.05) is 11.8 Å². The Bertz CT molecular complexity index is 1280. The molecule has 1 saturated heterocycles. The number of fused-ring (bicyclic) bond motifs is 1. The van der Waals surface area contributed by atoms with Crippen LogP contribution in [-0.2, 0) is 11.2 Å². The number of likely N-dealkylation sites (tertiary alicyclic amines) is 1. The fraction of sp³-hybridized carbons (Fsp3) is 0.385. The van der Waals surface area contributed by atoms with Crippen LogP contribution in [0.3, 0.4) is 0 Å². The van der Waals surface area contributed by atoms with Gasteiger partial charge in [-0.05, 0) is 62.9 Å². The molecule has 8 heteroatoms. The summed E-state index contributed by atoms with van der Waals surface area (Å²) in [5.74, 6) is -1.64. The number of aliphatic carboxylic acids is 1. The number of aromatic nitrogens is 3. The summed E-state index contributed by atoms with van der Waals surface area (Å²) in [6.07, 6.45) is 6.28. The number of rotatable bonds is 5. The minimum Gasteiger partial charge on any atom is -0.478 e. The van der Waals surface area contributed by atoms with E-state index in [1.54, 1.807) is 28.8 Å². The standard InChI is InChI=1S/C26H29FN4O3/c1-4-19-14-23(25(32)30-11-7-5-6-8-17(30)3)28-24-15-22(29-31(19)24)20-10-9-18(13-21(20)27)12-16(2)26(33)34/h9-10,12-15,17H,4-8,11H2,1-3H3,(H,33,34)/b16-12+. The number of carbonyl (C=O) groups excluding carboxylic acids is 1. The SMILES string of the molecule is CCc1cc(C(=O)N2CCCCCC2C)nc2cc(-c3ccc(/C=C(\C)C(=O)O)cc3F)nn12. The van der Waals surface area contributed by atoms with Gasteiger partial charge in [-0.3, -0.25) is 4.79 Å². The fourth-order valence-electron chi connectivity index (χ4n) is 4.39. The Hall–Kier alpha value is -3.55. The van der Waals surface area contributed by atoms with Gasteiger partial charge in [-0.1, -0.05) is 25.8 Å². The molecule has 2 aromatic heterocycles. The molecule has 0 aliphatic carbocycles. The lowest BCUT2D eigenvalue weighted by Crippen LogP contribution is -2.38. The third kappa shape index (κ3) is 4.71. The normalized spacial score (nSPS) is 17.1. The smallest absolute Gasteiger partial charge is 0.331 e. The second-order valence-electron chi connectivity index (χ2n) is 8.85. The first-order valence-corrected chi connectivity index (χ1v) is 11.7. The van der Waals surface area contributed by atoms with Crippen molar-refractivity contribution in [1.82, 2.24) is 19.5 Å². The van der Waals surface area contributed by atoms with E-state index in [-0.39, 0.29) is 23.1 Å². The zero-order chi connectivity index (χ0) is 24.4. The highest BCUT2D eigenvalue weighted by Gasteiger charge is 2.25. The van der Waals surface area contributed by atoms with Gasteiger partial charge in [-0.15, -0.1) is 0 Å². The van der Waals surface area contributed by atoms with Crippen molar-refractivity contribution < 1.29 is 19.1 Å². The highest BCUT2D eigenvalue weighted by molar-refractivity contribution is 5.93. The van der Waals surface area contributed by atoms with Gasteiger partial charge in [0.15, 0.2) is 5.65 Å². The van der Waals surface area contributed by atoms with Gasteiger partial charge in [-0.2, -0.15) is 5.10 Å². The van der Waals surface area contributed by atoms with E-state index >= 15 is 0 Å². The average molecular weight is 465 g/mol. The summed E-state index contributed by atoms with van der Waals surface area (Å²) >= 11 is 0. The van der Waals surface area contributed by atoms with Crippen molar-refractivity contribution in [2.24, 2.45) is 0 Å². The Labute approximate surface area is 197 Å². The van der Waals surface area contributed by atoms with E-state index in [4.69, 9.17) is 5.11 Å². The molecule has 1 fully saturated rings. The fourth-order valence-corrected chi connectivity index (χ4v) is 4.39. The molecule has 1 aliphatic rings. The van der Waals surface area contributed by atoms with Crippen molar-refractivity contribution in [3.05, 3.63) is 58.7 Å². The molecule has 0 bridgehead atoms. The highest BCUT2D eigenvalue weighted by atomic mass is 19.1. The van der Waals surface area contributed by atoms with Crippen molar-refractivity contribution in [2.75, 3.05) is 6.54 Å². The Morgan fingerprint density at radius 2 is 2.00 bits per heavy atom. The number of hydrogen-bond acceptors (Lipinski definition) is 4. The van der Waals surface area contributed by atoms with Gasteiger partial charge >= 0.3 is 5.97 Å². The number of benzene rings is 1. The van der Waals surface area contributed by atoms with Crippen LogP contribution in [0.15, 0.2) is 35.9 Å². The lowest BCUT2D eigenvalue weighted by molar-refractivity contribution is -0.132. The first kappa shape index (κ1) is 23.6. The van der Waals surface area contributed by atoms with E-state index in [0.717, 1.165) is 37.9 Å². The molecule has 3 heterocycles. The molecule has 4 rings (SSSR count). The predicted octanol–water partition coefficient (Wildman–Crippen LogP) is 4.99. The Kier molecular flexibility index (Phi) is 6.77. The van der Waals surface area contributed by atoms with Crippen LogP contribution in [0.2, 0.25) is 0 Å². The third-order valence-corrected chi connectivity index (χ3v) is 6.39. The molecule has 178 valence electrons. The summed E-state index contributed by atoms with van der Waals surface area (Å²) in [6.45, 7) is 6.25. The largest absolute Gasteiger partial charge is 0.478 e. The molecule has 1 aromatic carbocycles. The molecule has 1 unspecified atom stereocenters. The zero-order valence-corrected chi connectivity index (χ0v) is 19.7. The van der Waals surface area contributed by atoms with Gasteiger partial charge in [0.2, 0.25) is 0 Å². The summed E-state index contributed by atoms with van der Waals surface area (Å²) in [7, 11) is 0. The van der Waals surface area contributed by atoms with E-state index in [9.17, 15) is 14.0 Å². The van der Waals surface area contributed by atoms with Gasteiger partial charge < -0.3 is 10.0 Å². The summed E-state index contributed by atoms with van der Waals surface area (Å²) in [5.41, 5.74) is 2.95. The van der Waals surface area contributed by atoms with Gasteiger partial charge in [0, 0.05) is 35.5 Å². The first-order chi connectivity index (χ1) is 16.3. The number of amides is 1. The molecule has 7 nitrogen and oxygen atoms in total. The Balaban J connectivity index is 1.71. The minimum absolute atomic E-state index is 0.0783. The Morgan fingerprint density at radius 3 is 2.71 bits per heavy atom. The van der Waals surface area contributed by atoms with Crippen molar-refractivity contribution in [3.63, 3.8) is 0 Å². The molecule has 1 N–H and O–H groups in total. The minimum atomic E-state index is -1.05. The summed E-state index contributed by atoms with van der Waals surface area (Å²) in [4.78, 5) is 30.8. The number of aryl methyl sites for hydroxylation is 1. The summed E-state index contributed by atoms with van der Waals surface area (Å²) in [5, 5.41) is 13.6. The second kappa shape index (κ2) is 9.75. The van der Waals surface area contributed by atoms with E-state index in [0.29, 0.717) is 29.0 Å². The molecule has 0 radical (unpaired) electrons. The lowest BCUT2D eigenvalue weighted by Gasteiger charge is -2.27. The molecule has 0 spiro atoms. The van der Waals surface area contributed by atoms with Crippen molar-refractivity contribution in [1.29, 1.82) is 0 Å². The lowest BCUT2D eigenvalue weighted by atomic mass is 10.1. The maximum atomic E-state index is 14.9. The number of carboxylic acids is 1. The van der Waals surface area contributed by atoms with E-state index in [1.165, 1.54) is 19.1 Å². The molecule has 1 atom stereocenters. The van der Waals surface area contributed by atoms with Gasteiger partial charge in [-0.25, -0.2) is 18.7 Å². The summed E-state index contributed by atoms with van der Waals surface area (Å²) < 4.78 is 16.6. The van der Waals surface area contributed by atoms with Crippen LogP contribution in [-0.4, -0.2) is 49.1 Å². The number of carbonyl (C=O) groups is 2. The van der Waals surface area contributed by atoms with Gasteiger partial charge in [0.05, 0.1) is 5.69 Å². The quantitative estimate of drug-likeness (QED) is 0.538. The summed E-state index contributed by atoms with van der Waals surface area (Å²) in [6, 6.07) is 8.15. The molecule has 1 amide bonds. The van der Waals surface area contributed by atoms with Crippen molar-refractivity contribution in [2.45, 2.75) is 58.9 Å². The number of hydrogen-bond donors (Lipinski definition) is 1. The molecule has 0 saturated carbocycles. The van der Waals surface area contributed by atoms with Crippen LogP contribution in [0.4, 0.5) is 4.39 Å². The molecular formula is C26H29FN4O3. The second-order valence-corrected chi connectivity index (χ2v) is 8.85. The number of nitrogens with zero attached hydrogens (tertiary/aromatic N) is 4. The maximum Gasteiger partial charge on any atom is 0.331 e. The number of halogens is 1. The monoisotopic (exact) mass is 464 g/mol. The first-order valence-electron chi connectivity index (χ1n) is 11.7. The van der Waals surface area contributed by atoms with Gasteiger partial charge in [0.1, 0.15) is 11.5 Å². The maximum absolute atomic E-state index is 14.9. The van der Waals surface area contributed by atoms with Crippen molar-refractivity contribution >= 4 is 23.6 Å². The van der Waals surface area contributed by atoms with Crippen LogP contribution in [0.25, 0.3) is 23.0 Å². The molecular weight excluding hydrogens is 435 g/mol. The molecule has 3 aromatic rings. The van der Waals surface area contributed by atoms with E-state index < -0.39 is 11.8 Å². The highest BCUT2D eigenvalue weighted by Crippen LogP contribution is 2.26. The van der Waals surface area contributed by atoms with Crippen LogP contribution in [0.5, 0.6) is 0 Å². The third-order valence-electron chi connectivity index (χ3n) is 6.39. The van der Waals surface area contributed by atoms with Crippen LogP contribution in [0, 0.1) is 5.82 Å². The predicted molar refractivity (Wildman–Crippen MR) is 128 cm³/mol.